The number of piperidine rings is 1. The molecule has 0 atom stereocenters. The molecule has 0 radical (unpaired) electrons. The van der Waals surface area contributed by atoms with Gasteiger partial charge in [0.05, 0.1) is 11.2 Å². The van der Waals surface area contributed by atoms with Crippen LogP contribution in [0, 0.1) is 0 Å². The lowest BCUT2D eigenvalue weighted by atomic mass is 9.88. The van der Waals surface area contributed by atoms with Gasteiger partial charge in [-0.05, 0) is 32.6 Å². The van der Waals surface area contributed by atoms with Crippen LogP contribution in [0.1, 0.15) is 57.2 Å². The average molecular weight is 267 g/mol. The summed E-state index contributed by atoms with van der Waals surface area (Å²) in [6.07, 6.45) is 2.05. The highest BCUT2D eigenvalue weighted by Crippen LogP contribution is 2.34. The lowest BCUT2D eigenvalue weighted by Gasteiger charge is -2.39. The molecule has 102 valence electrons. The Hall–Kier alpha value is -0.450. The van der Waals surface area contributed by atoms with Gasteiger partial charge in [0.15, 0.2) is 0 Å². The van der Waals surface area contributed by atoms with Crippen molar-refractivity contribution >= 4 is 11.3 Å². The van der Waals surface area contributed by atoms with E-state index in [2.05, 4.69) is 38.0 Å². The molecule has 0 aromatic carbocycles. The molecule has 0 aliphatic carbocycles. The number of rotatable bonds is 3. The van der Waals surface area contributed by atoms with Gasteiger partial charge in [-0.15, -0.1) is 11.3 Å². The molecule has 1 aromatic rings. The van der Waals surface area contributed by atoms with Crippen molar-refractivity contribution in [3.63, 3.8) is 0 Å². The van der Waals surface area contributed by atoms with Crippen LogP contribution < -0.4 is 5.73 Å². The smallest absolute Gasteiger partial charge is 0.113 e. The Kier molecular flexibility index (Phi) is 4.09. The highest BCUT2D eigenvalue weighted by molar-refractivity contribution is 7.09. The van der Waals surface area contributed by atoms with Crippen LogP contribution in [0.5, 0.6) is 0 Å². The Bertz CT molecular complexity index is 389. The van der Waals surface area contributed by atoms with Gasteiger partial charge in [-0.1, -0.05) is 13.8 Å². The van der Waals surface area contributed by atoms with Gasteiger partial charge in [0.2, 0.25) is 0 Å². The van der Waals surface area contributed by atoms with Crippen molar-refractivity contribution < 1.29 is 0 Å². The second-order valence-corrected chi connectivity index (χ2v) is 6.88. The van der Waals surface area contributed by atoms with Crippen LogP contribution in [0.15, 0.2) is 5.38 Å². The molecule has 1 aliphatic rings. The average Bonchev–Trinajstić information content (AvgIpc) is 2.79. The minimum Gasteiger partial charge on any atom is -0.319 e. The van der Waals surface area contributed by atoms with E-state index in [1.165, 1.54) is 5.69 Å². The van der Waals surface area contributed by atoms with Crippen molar-refractivity contribution in [2.75, 3.05) is 13.1 Å². The Morgan fingerprint density at radius 3 is 2.33 bits per heavy atom. The van der Waals surface area contributed by atoms with Crippen molar-refractivity contribution in [3.8, 4) is 0 Å². The highest BCUT2D eigenvalue weighted by atomic mass is 32.1. The van der Waals surface area contributed by atoms with Crippen molar-refractivity contribution in [2.45, 2.75) is 58.0 Å². The fraction of sp³-hybridized carbons (Fsp3) is 0.786. The first-order chi connectivity index (χ1) is 8.42. The first-order valence-corrected chi connectivity index (χ1v) is 7.79. The summed E-state index contributed by atoms with van der Waals surface area (Å²) in [5.74, 6) is 0.495. The van der Waals surface area contributed by atoms with Crippen LogP contribution in [-0.2, 0) is 5.54 Å². The third-order valence-electron chi connectivity index (χ3n) is 3.96. The molecule has 2 heterocycles. The van der Waals surface area contributed by atoms with E-state index in [0.29, 0.717) is 12.0 Å². The van der Waals surface area contributed by atoms with Gasteiger partial charge in [-0.3, -0.25) is 0 Å². The summed E-state index contributed by atoms with van der Waals surface area (Å²) in [5, 5.41) is 3.30. The number of hydrogen-bond acceptors (Lipinski definition) is 4. The van der Waals surface area contributed by atoms with Crippen molar-refractivity contribution in [1.82, 2.24) is 9.88 Å². The zero-order chi connectivity index (χ0) is 13.3. The second-order valence-electron chi connectivity index (χ2n) is 6.02. The molecule has 2 rings (SSSR count). The minimum absolute atomic E-state index is 0.191. The van der Waals surface area contributed by atoms with Crippen LogP contribution in [0.25, 0.3) is 0 Å². The van der Waals surface area contributed by atoms with Gasteiger partial charge in [-0.2, -0.15) is 0 Å². The summed E-state index contributed by atoms with van der Waals surface area (Å²) in [6, 6.07) is 0.622. The van der Waals surface area contributed by atoms with Crippen LogP contribution in [-0.4, -0.2) is 29.0 Å². The van der Waals surface area contributed by atoms with Crippen LogP contribution >= 0.6 is 11.3 Å². The standard InChI is InChI=1S/C14H25N3S/c1-10(2)12-9-18-13(16-12)14(15)5-7-17(8-6-14)11(3)4/h9-11H,5-8,15H2,1-4H3. The normalized spacial score (nSPS) is 20.8. The summed E-state index contributed by atoms with van der Waals surface area (Å²) in [7, 11) is 0. The molecule has 2 N–H and O–H groups in total. The maximum atomic E-state index is 6.58. The Balaban J connectivity index is 2.08. The van der Waals surface area contributed by atoms with Crippen LogP contribution in [0.3, 0.4) is 0 Å². The van der Waals surface area contributed by atoms with Gasteiger partial charge in [0.25, 0.3) is 0 Å². The van der Waals surface area contributed by atoms with E-state index in [4.69, 9.17) is 10.7 Å². The molecular formula is C14H25N3S. The summed E-state index contributed by atoms with van der Waals surface area (Å²) in [5.41, 5.74) is 7.57. The zero-order valence-electron chi connectivity index (χ0n) is 11.9. The van der Waals surface area contributed by atoms with E-state index in [0.717, 1.165) is 30.9 Å². The van der Waals surface area contributed by atoms with E-state index in [1.807, 2.05) is 0 Å². The molecular weight excluding hydrogens is 242 g/mol. The molecule has 0 bridgehead atoms. The van der Waals surface area contributed by atoms with Crippen LogP contribution in [0.2, 0.25) is 0 Å². The van der Waals surface area contributed by atoms with Crippen LogP contribution in [0.4, 0.5) is 0 Å². The third kappa shape index (κ3) is 2.76. The number of hydrogen-bond donors (Lipinski definition) is 1. The number of nitrogens with two attached hydrogens (primary N) is 1. The van der Waals surface area contributed by atoms with Crippen molar-refractivity contribution in [1.29, 1.82) is 0 Å². The molecule has 1 aliphatic heterocycles. The van der Waals surface area contributed by atoms with Gasteiger partial charge in [0, 0.05) is 24.5 Å². The summed E-state index contributed by atoms with van der Waals surface area (Å²) >= 11 is 1.74. The second kappa shape index (κ2) is 5.27. The molecule has 0 saturated carbocycles. The fourth-order valence-electron chi connectivity index (χ4n) is 2.43. The van der Waals surface area contributed by atoms with E-state index < -0.39 is 0 Å². The topological polar surface area (TPSA) is 42.1 Å². The van der Waals surface area contributed by atoms with Gasteiger partial charge >= 0.3 is 0 Å². The Labute approximate surface area is 114 Å². The van der Waals surface area contributed by atoms with E-state index >= 15 is 0 Å². The predicted molar refractivity (Wildman–Crippen MR) is 78.0 cm³/mol. The van der Waals surface area contributed by atoms with E-state index in [1.54, 1.807) is 11.3 Å². The SMILES string of the molecule is CC(C)c1csc(C2(N)CCN(C(C)C)CC2)n1. The first-order valence-electron chi connectivity index (χ1n) is 6.91. The number of likely N-dealkylation sites (tertiary alicyclic amines) is 1. The Morgan fingerprint density at radius 2 is 1.89 bits per heavy atom. The quantitative estimate of drug-likeness (QED) is 0.915. The van der Waals surface area contributed by atoms with Crippen molar-refractivity contribution in [2.24, 2.45) is 5.73 Å². The van der Waals surface area contributed by atoms with Gasteiger partial charge in [-0.25, -0.2) is 4.98 Å². The maximum absolute atomic E-state index is 6.58. The maximum Gasteiger partial charge on any atom is 0.113 e. The van der Waals surface area contributed by atoms with Crippen molar-refractivity contribution in [3.05, 3.63) is 16.1 Å². The molecule has 18 heavy (non-hydrogen) atoms. The molecule has 4 heteroatoms. The number of aromatic nitrogens is 1. The zero-order valence-corrected chi connectivity index (χ0v) is 12.8. The Morgan fingerprint density at radius 1 is 1.28 bits per heavy atom. The lowest BCUT2D eigenvalue weighted by molar-refractivity contribution is 0.131. The largest absolute Gasteiger partial charge is 0.319 e. The van der Waals surface area contributed by atoms with E-state index in [-0.39, 0.29) is 5.54 Å². The predicted octanol–water partition coefficient (Wildman–Crippen LogP) is 2.92. The molecule has 1 fully saturated rings. The van der Waals surface area contributed by atoms with Gasteiger partial charge < -0.3 is 10.6 Å². The summed E-state index contributed by atoms with van der Waals surface area (Å²) in [6.45, 7) is 11.1. The summed E-state index contributed by atoms with van der Waals surface area (Å²) in [4.78, 5) is 7.25. The molecule has 3 nitrogen and oxygen atoms in total. The first kappa shape index (κ1) is 14.0. The molecule has 1 saturated heterocycles. The third-order valence-corrected chi connectivity index (χ3v) is 5.04. The molecule has 0 unspecified atom stereocenters. The van der Waals surface area contributed by atoms with Gasteiger partial charge in [0.1, 0.15) is 5.01 Å². The minimum atomic E-state index is -0.191. The molecule has 0 amide bonds. The molecule has 0 spiro atoms. The summed E-state index contributed by atoms with van der Waals surface area (Å²) < 4.78 is 0. The molecule has 1 aromatic heterocycles. The lowest BCUT2D eigenvalue weighted by Crippen LogP contribution is -2.49. The number of thiazole rings is 1. The number of nitrogens with zero attached hydrogens (tertiary/aromatic N) is 2. The fourth-order valence-corrected chi connectivity index (χ4v) is 3.59. The monoisotopic (exact) mass is 267 g/mol. The highest BCUT2D eigenvalue weighted by Gasteiger charge is 2.35. The van der Waals surface area contributed by atoms with E-state index in [9.17, 15) is 0 Å².